The van der Waals surface area contributed by atoms with E-state index >= 15 is 0 Å². The van der Waals surface area contributed by atoms with Gasteiger partial charge in [0.1, 0.15) is 12.4 Å². The fraction of sp³-hybridized carbons (Fsp3) is 0.250. The number of aryl methyl sites for hydroxylation is 1. The molecule has 2 N–H and O–H groups in total. The highest BCUT2D eigenvalue weighted by atomic mass is 17.2. The Bertz CT molecular complexity index is 332. The number of phenolic OH excluding ortho intramolecular Hbond substituents is 2. The summed E-state index contributed by atoms with van der Waals surface area (Å²) in [4.78, 5) is 9.29. The molecular formula is C8H8O4. The minimum Gasteiger partial charge on any atom is -0.507 e. The molecule has 0 amide bonds. The molecule has 1 aliphatic heterocycles. The molecule has 0 aliphatic carbocycles. The van der Waals surface area contributed by atoms with E-state index < -0.39 is 0 Å². The van der Waals surface area contributed by atoms with Gasteiger partial charge in [-0.15, -0.1) is 0 Å². The van der Waals surface area contributed by atoms with Crippen LogP contribution in [0.25, 0.3) is 0 Å². The Kier molecular flexibility index (Phi) is 1.38. The largest absolute Gasteiger partial charge is 0.507 e. The van der Waals surface area contributed by atoms with Crippen LogP contribution in [0.3, 0.4) is 0 Å². The van der Waals surface area contributed by atoms with Crippen LogP contribution in [0.15, 0.2) is 6.07 Å². The van der Waals surface area contributed by atoms with Gasteiger partial charge in [0.2, 0.25) is 5.75 Å². The van der Waals surface area contributed by atoms with E-state index in [0.29, 0.717) is 11.1 Å². The Hall–Kier alpha value is -1.42. The SMILES string of the molecule is Cc1cc(O)c2c(c1O)OOC2. The number of hydrogen-bond acceptors (Lipinski definition) is 4. The van der Waals surface area contributed by atoms with Crippen LogP contribution in [-0.2, 0) is 11.5 Å². The van der Waals surface area contributed by atoms with E-state index in [2.05, 4.69) is 9.78 Å². The van der Waals surface area contributed by atoms with Crippen LogP contribution in [0.5, 0.6) is 17.2 Å². The van der Waals surface area contributed by atoms with Gasteiger partial charge in [-0.3, -0.25) is 0 Å². The zero-order valence-corrected chi connectivity index (χ0v) is 6.50. The van der Waals surface area contributed by atoms with Gasteiger partial charge < -0.3 is 15.1 Å². The molecule has 0 atom stereocenters. The first-order chi connectivity index (χ1) is 5.70. The Balaban J connectivity index is 2.69. The lowest BCUT2D eigenvalue weighted by atomic mass is 10.1. The van der Waals surface area contributed by atoms with E-state index in [1.165, 1.54) is 6.07 Å². The van der Waals surface area contributed by atoms with Gasteiger partial charge in [-0.25, -0.2) is 0 Å². The average Bonchev–Trinajstić information content (AvgIpc) is 2.48. The molecule has 12 heavy (non-hydrogen) atoms. The zero-order chi connectivity index (χ0) is 8.72. The van der Waals surface area contributed by atoms with Crippen molar-refractivity contribution in [1.82, 2.24) is 0 Å². The van der Waals surface area contributed by atoms with Crippen LogP contribution in [-0.4, -0.2) is 10.2 Å². The van der Waals surface area contributed by atoms with E-state index in [1.807, 2.05) is 0 Å². The second kappa shape index (κ2) is 2.28. The first kappa shape index (κ1) is 7.24. The van der Waals surface area contributed by atoms with Crippen LogP contribution in [0.4, 0.5) is 0 Å². The van der Waals surface area contributed by atoms with Crippen LogP contribution in [0.1, 0.15) is 11.1 Å². The van der Waals surface area contributed by atoms with Crippen LogP contribution in [0.2, 0.25) is 0 Å². The Morgan fingerprint density at radius 2 is 2.17 bits per heavy atom. The smallest absolute Gasteiger partial charge is 0.216 e. The predicted octanol–water partition coefficient (Wildman–Crippen LogP) is 1.23. The lowest BCUT2D eigenvalue weighted by Crippen LogP contribution is -1.84. The fourth-order valence-corrected chi connectivity index (χ4v) is 1.18. The number of aromatic hydroxyl groups is 2. The van der Waals surface area contributed by atoms with Gasteiger partial charge in [-0.2, -0.15) is 4.89 Å². The summed E-state index contributed by atoms with van der Waals surface area (Å²) in [7, 11) is 0. The number of rotatable bonds is 0. The second-order valence-electron chi connectivity index (χ2n) is 2.71. The van der Waals surface area contributed by atoms with Gasteiger partial charge in [-0.05, 0) is 18.6 Å². The third-order valence-electron chi connectivity index (χ3n) is 1.87. The van der Waals surface area contributed by atoms with Gasteiger partial charge in [0.15, 0.2) is 5.75 Å². The van der Waals surface area contributed by atoms with Gasteiger partial charge in [0.05, 0.1) is 5.56 Å². The van der Waals surface area contributed by atoms with Crippen molar-refractivity contribution in [2.45, 2.75) is 13.5 Å². The molecule has 2 rings (SSSR count). The van der Waals surface area contributed by atoms with Crippen molar-refractivity contribution in [2.75, 3.05) is 0 Å². The molecule has 1 heterocycles. The first-order valence-corrected chi connectivity index (χ1v) is 3.54. The highest BCUT2D eigenvalue weighted by Crippen LogP contribution is 2.42. The van der Waals surface area contributed by atoms with Gasteiger partial charge in [0, 0.05) is 0 Å². The van der Waals surface area contributed by atoms with E-state index in [1.54, 1.807) is 6.92 Å². The molecule has 0 unspecified atom stereocenters. The highest BCUT2D eigenvalue weighted by molar-refractivity contribution is 5.57. The maximum absolute atomic E-state index is 9.43. The Morgan fingerprint density at radius 1 is 1.42 bits per heavy atom. The standard InChI is InChI=1S/C8H8O4/c1-4-2-6(9)5-3-11-12-8(5)7(4)10/h2,9-10H,3H2,1H3. The quantitative estimate of drug-likeness (QED) is 0.452. The molecule has 1 aromatic rings. The predicted molar refractivity (Wildman–Crippen MR) is 39.9 cm³/mol. The molecule has 1 aliphatic rings. The van der Waals surface area contributed by atoms with Crippen molar-refractivity contribution >= 4 is 0 Å². The van der Waals surface area contributed by atoms with Crippen molar-refractivity contribution in [1.29, 1.82) is 0 Å². The minimum absolute atomic E-state index is 0.0281. The molecule has 0 bridgehead atoms. The summed E-state index contributed by atoms with van der Waals surface area (Å²) in [6.45, 7) is 1.85. The molecule has 0 saturated heterocycles. The Labute approximate surface area is 68.9 Å². The van der Waals surface area contributed by atoms with E-state index in [4.69, 9.17) is 0 Å². The Morgan fingerprint density at radius 3 is 2.92 bits per heavy atom. The topological polar surface area (TPSA) is 58.9 Å². The van der Waals surface area contributed by atoms with Gasteiger partial charge >= 0.3 is 0 Å². The first-order valence-electron chi connectivity index (χ1n) is 3.54. The zero-order valence-electron chi connectivity index (χ0n) is 6.50. The molecule has 0 spiro atoms. The molecule has 64 valence electrons. The molecule has 0 fully saturated rings. The molecule has 1 aromatic carbocycles. The van der Waals surface area contributed by atoms with Crippen LogP contribution >= 0.6 is 0 Å². The normalized spacial score (nSPS) is 14.1. The third-order valence-corrected chi connectivity index (χ3v) is 1.87. The van der Waals surface area contributed by atoms with E-state index in [0.717, 1.165) is 0 Å². The minimum atomic E-state index is 0.0281. The van der Waals surface area contributed by atoms with Crippen molar-refractivity contribution < 1.29 is 20.0 Å². The van der Waals surface area contributed by atoms with E-state index in [9.17, 15) is 10.2 Å². The summed E-state index contributed by atoms with van der Waals surface area (Å²) in [5.41, 5.74) is 1.06. The fourth-order valence-electron chi connectivity index (χ4n) is 1.18. The van der Waals surface area contributed by atoms with Crippen LogP contribution in [0, 0.1) is 6.92 Å². The van der Waals surface area contributed by atoms with Crippen molar-refractivity contribution in [3.05, 3.63) is 17.2 Å². The third kappa shape index (κ3) is 0.816. The van der Waals surface area contributed by atoms with E-state index in [-0.39, 0.29) is 23.9 Å². The van der Waals surface area contributed by atoms with Gasteiger partial charge in [0.25, 0.3) is 0 Å². The summed E-state index contributed by atoms with van der Waals surface area (Å²) in [5.74, 6) is 0.352. The van der Waals surface area contributed by atoms with Crippen molar-refractivity contribution in [2.24, 2.45) is 0 Å². The van der Waals surface area contributed by atoms with Gasteiger partial charge in [-0.1, -0.05) is 0 Å². The number of phenols is 2. The summed E-state index contributed by atoms with van der Waals surface area (Å²) >= 11 is 0. The highest BCUT2D eigenvalue weighted by Gasteiger charge is 2.23. The number of hydrogen-bond donors (Lipinski definition) is 2. The molecule has 0 aromatic heterocycles. The molecule has 4 heteroatoms. The molecule has 0 saturated carbocycles. The second-order valence-corrected chi connectivity index (χ2v) is 2.71. The summed E-state index contributed by atoms with van der Waals surface area (Å²) in [6, 6.07) is 1.48. The summed E-state index contributed by atoms with van der Waals surface area (Å²) in [6.07, 6.45) is 0. The lowest BCUT2D eigenvalue weighted by molar-refractivity contribution is -0.195. The summed E-state index contributed by atoms with van der Waals surface area (Å²) < 4.78 is 0. The molecular weight excluding hydrogens is 160 g/mol. The molecule has 0 radical (unpaired) electrons. The lowest BCUT2D eigenvalue weighted by Gasteiger charge is -2.03. The van der Waals surface area contributed by atoms with Crippen molar-refractivity contribution in [3.8, 4) is 17.2 Å². The van der Waals surface area contributed by atoms with Crippen LogP contribution < -0.4 is 4.89 Å². The maximum atomic E-state index is 9.43. The molecule has 4 nitrogen and oxygen atoms in total. The monoisotopic (exact) mass is 168 g/mol. The number of fused-ring (bicyclic) bond motifs is 1. The number of benzene rings is 1. The summed E-state index contributed by atoms with van der Waals surface area (Å²) in [5, 5.41) is 18.8. The van der Waals surface area contributed by atoms with Crippen molar-refractivity contribution in [3.63, 3.8) is 0 Å². The maximum Gasteiger partial charge on any atom is 0.216 e. The average molecular weight is 168 g/mol.